The Morgan fingerprint density at radius 3 is 2.62 bits per heavy atom. The van der Waals surface area contributed by atoms with Gasteiger partial charge in [0.25, 0.3) is 0 Å². The quantitative estimate of drug-likeness (QED) is 0.666. The van der Waals surface area contributed by atoms with E-state index in [0.29, 0.717) is 5.16 Å². The van der Waals surface area contributed by atoms with Gasteiger partial charge in [0, 0.05) is 12.1 Å². The van der Waals surface area contributed by atoms with Gasteiger partial charge < -0.3 is 10.7 Å². The molecule has 4 rings (SSSR count). The fourth-order valence-corrected chi connectivity index (χ4v) is 4.57. The highest BCUT2D eigenvalue weighted by Gasteiger charge is 2.37. The molecule has 6 nitrogen and oxygen atoms in total. The fourth-order valence-electron chi connectivity index (χ4n) is 3.47. The molecule has 0 saturated carbocycles. The second-order valence-electron chi connectivity index (χ2n) is 7.19. The first-order valence-electron chi connectivity index (χ1n) is 9.93. The van der Waals surface area contributed by atoms with Crippen LogP contribution in [0.3, 0.4) is 0 Å². The number of hydrogen-bond donors (Lipinski definition) is 2. The van der Waals surface area contributed by atoms with Crippen molar-refractivity contribution in [2.45, 2.75) is 50.1 Å². The number of anilines is 1. The van der Waals surface area contributed by atoms with Crippen LogP contribution in [0.4, 0.5) is 5.69 Å². The van der Waals surface area contributed by atoms with Gasteiger partial charge in [-0.05, 0) is 42.2 Å². The third-order valence-corrected chi connectivity index (χ3v) is 6.33. The van der Waals surface area contributed by atoms with E-state index in [1.54, 1.807) is 0 Å². The van der Waals surface area contributed by atoms with Gasteiger partial charge in [-0.3, -0.25) is 4.79 Å². The summed E-state index contributed by atoms with van der Waals surface area (Å²) >= 11 is 1.45. The van der Waals surface area contributed by atoms with Gasteiger partial charge in [-0.25, -0.2) is 4.68 Å². The average Bonchev–Trinajstić information content (AvgIpc) is 3.15. The standard InChI is InChI=1S/C22H25N5OS/c1-4-15-9-11-16(12-10-15)19-20(21(28)23-17-8-6-7-14(3)13-17)29-22-25-24-18(5-2)27(22)26-19/h6-13,19-20,26H,4-5H2,1-3H3,(H,23,28)/t19-,20-/m1/s1. The third-order valence-electron chi connectivity index (χ3n) is 5.11. The number of aryl methyl sites for hydroxylation is 3. The van der Waals surface area contributed by atoms with Crippen molar-refractivity contribution in [1.29, 1.82) is 0 Å². The maximum absolute atomic E-state index is 13.2. The van der Waals surface area contributed by atoms with Crippen molar-refractivity contribution in [2.75, 3.05) is 10.7 Å². The number of amides is 1. The van der Waals surface area contributed by atoms with E-state index in [4.69, 9.17) is 0 Å². The molecule has 0 fully saturated rings. The second-order valence-corrected chi connectivity index (χ2v) is 8.30. The Balaban J connectivity index is 1.66. The predicted molar refractivity (Wildman–Crippen MR) is 117 cm³/mol. The van der Waals surface area contributed by atoms with Gasteiger partial charge in [0.15, 0.2) is 5.82 Å². The molecule has 29 heavy (non-hydrogen) atoms. The van der Waals surface area contributed by atoms with Crippen molar-refractivity contribution in [3.05, 3.63) is 71.0 Å². The molecule has 2 N–H and O–H groups in total. The zero-order chi connectivity index (χ0) is 20.4. The Morgan fingerprint density at radius 2 is 1.93 bits per heavy atom. The van der Waals surface area contributed by atoms with E-state index in [2.05, 4.69) is 52.1 Å². The highest BCUT2D eigenvalue weighted by molar-refractivity contribution is 8.00. The zero-order valence-corrected chi connectivity index (χ0v) is 17.7. The summed E-state index contributed by atoms with van der Waals surface area (Å²) < 4.78 is 1.92. The average molecular weight is 408 g/mol. The van der Waals surface area contributed by atoms with Crippen LogP contribution in [0, 0.1) is 6.92 Å². The molecule has 0 radical (unpaired) electrons. The van der Waals surface area contributed by atoms with Crippen LogP contribution in [0.25, 0.3) is 0 Å². The van der Waals surface area contributed by atoms with E-state index >= 15 is 0 Å². The second kappa shape index (κ2) is 8.29. The maximum Gasteiger partial charge on any atom is 0.240 e. The number of rotatable bonds is 5. The number of nitrogens with zero attached hydrogens (tertiary/aromatic N) is 3. The lowest BCUT2D eigenvalue weighted by Crippen LogP contribution is -2.41. The first kappa shape index (κ1) is 19.5. The first-order valence-corrected chi connectivity index (χ1v) is 10.8. The van der Waals surface area contributed by atoms with Crippen LogP contribution in [0.15, 0.2) is 53.7 Å². The lowest BCUT2D eigenvalue weighted by molar-refractivity contribution is -0.116. The fraction of sp³-hybridized carbons (Fsp3) is 0.318. The van der Waals surface area contributed by atoms with Crippen molar-refractivity contribution in [1.82, 2.24) is 14.9 Å². The monoisotopic (exact) mass is 407 g/mol. The van der Waals surface area contributed by atoms with Crippen LogP contribution >= 0.6 is 11.8 Å². The van der Waals surface area contributed by atoms with Crippen LogP contribution in [0.2, 0.25) is 0 Å². The number of fused-ring (bicyclic) bond motifs is 1. The number of carbonyl (C=O) groups excluding carboxylic acids is 1. The van der Waals surface area contributed by atoms with Crippen molar-refractivity contribution in [2.24, 2.45) is 0 Å². The minimum atomic E-state index is -0.371. The van der Waals surface area contributed by atoms with E-state index in [1.807, 2.05) is 42.8 Å². The largest absolute Gasteiger partial charge is 0.325 e. The number of benzene rings is 2. The van der Waals surface area contributed by atoms with Crippen LogP contribution in [0.5, 0.6) is 0 Å². The smallest absolute Gasteiger partial charge is 0.240 e. The van der Waals surface area contributed by atoms with Crippen molar-refractivity contribution in [3.8, 4) is 0 Å². The first-order chi connectivity index (χ1) is 14.1. The Hall–Kier alpha value is -2.80. The Kier molecular flexibility index (Phi) is 5.58. The maximum atomic E-state index is 13.2. The Morgan fingerprint density at radius 1 is 1.14 bits per heavy atom. The van der Waals surface area contributed by atoms with E-state index in [-0.39, 0.29) is 17.2 Å². The summed E-state index contributed by atoms with van der Waals surface area (Å²) in [6, 6.07) is 16.1. The number of hydrogen-bond acceptors (Lipinski definition) is 5. The van der Waals surface area contributed by atoms with Gasteiger partial charge in [-0.1, -0.05) is 62.0 Å². The summed E-state index contributed by atoms with van der Waals surface area (Å²) in [4.78, 5) is 13.2. The molecule has 2 aromatic carbocycles. The SMILES string of the molecule is CCc1ccc([C@H]2Nn3c(CC)nnc3S[C@H]2C(=O)Nc2cccc(C)c2)cc1. The molecular formula is C22H25N5OS. The van der Waals surface area contributed by atoms with Crippen LogP contribution in [0.1, 0.15) is 42.4 Å². The molecule has 1 aromatic heterocycles. The van der Waals surface area contributed by atoms with Crippen LogP contribution < -0.4 is 10.7 Å². The summed E-state index contributed by atoms with van der Waals surface area (Å²) in [5.41, 5.74) is 7.74. The predicted octanol–water partition coefficient (Wildman–Crippen LogP) is 4.11. The molecule has 150 valence electrons. The minimum absolute atomic E-state index is 0.0510. The number of carbonyl (C=O) groups is 1. The molecule has 0 saturated heterocycles. The van der Waals surface area contributed by atoms with Crippen molar-refractivity contribution in [3.63, 3.8) is 0 Å². The van der Waals surface area contributed by atoms with Gasteiger partial charge >= 0.3 is 0 Å². The molecule has 1 amide bonds. The molecule has 2 heterocycles. The molecule has 0 bridgehead atoms. The normalized spacial score (nSPS) is 18.0. The summed E-state index contributed by atoms with van der Waals surface area (Å²) in [6.07, 6.45) is 1.75. The highest BCUT2D eigenvalue weighted by atomic mass is 32.2. The molecule has 0 aliphatic carbocycles. The molecule has 0 spiro atoms. The number of aromatic nitrogens is 3. The lowest BCUT2D eigenvalue weighted by atomic mass is 10.0. The summed E-state index contributed by atoms with van der Waals surface area (Å²) in [6.45, 7) is 6.20. The number of nitrogens with one attached hydrogen (secondary N) is 2. The van der Waals surface area contributed by atoms with Crippen LogP contribution in [-0.4, -0.2) is 26.0 Å². The highest BCUT2D eigenvalue weighted by Crippen LogP contribution is 2.37. The summed E-state index contributed by atoms with van der Waals surface area (Å²) in [5.74, 6) is 0.810. The molecular weight excluding hydrogens is 382 g/mol. The van der Waals surface area contributed by atoms with Crippen molar-refractivity contribution >= 4 is 23.4 Å². The van der Waals surface area contributed by atoms with Crippen molar-refractivity contribution < 1.29 is 4.79 Å². The molecule has 1 aliphatic rings. The third kappa shape index (κ3) is 4.00. The topological polar surface area (TPSA) is 71.8 Å². The molecule has 2 atom stereocenters. The van der Waals surface area contributed by atoms with Gasteiger partial charge in [-0.2, -0.15) is 0 Å². The van der Waals surface area contributed by atoms with E-state index in [0.717, 1.165) is 35.5 Å². The zero-order valence-electron chi connectivity index (χ0n) is 16.8. The molecule has 0 unspecified atom stereocenters. The Bertz CT molecular complexity index is 1010. The van der Waals surface area contributed by atoms with Gasteiger partial charge in [0.05, 0.1) is 6.04 Å². The summed E-state index contributed by atoms with van der Waals surface area (Å²) in [5, 5.41) is 11.9. The van der Waals surface area contributed by atoms with E-state index < -0.39 is 0 Å². The van der Waals surface area contributed by atoms with E-state index in [9.17, 15) is 4.79 Å². The molecule has 1 aliphatic heterocycles. The van der Waals surface area contributed by atoms with Gasteiger partial charge in [0.2, 0.25) is 11.1 Å². The minimum Gasteiger partial charge on any atom is -0.325 e. The van der Waals surface area contributed by atoms with Gasteiger partial charge in [0.1, 0.15) is 5.25 Å². The van der Waals surface area contributed by atoms with Gasteiger partial charge in [-0.15, -0.1) is 10.2 Å². The summed E-state index contributed by atoms with van der Waals surface area (Å²) in [7, 11) is 0. The molecule has 3 aromatic rings. The Labute approximate surface area is 175 Å². The lowest BCUT2D eigenvalue weighted by Gasteiger charge is -2.33. The molecule has 7 heteroatoms. The van der Waals surface area contributed by atoms with Crippen LogP contribution in [-0.2, 0) is 17.6 Å². The number of thioether (sulfide) groups is 1. The van der Waals surface area contributed by atoms with E-state index in [1.165, 1.54) is 17.3 Å².